The van der Waals surface area contributed by atoms with Crippen LogP contribution < -0.4 is 10.1 Å². The molecule has 1 unspecified atom stereocenters. The van der Waals surface area contributed by atoms with Gasteiger partial charge in [-0.1, -0.05) is 29.8 Å². The molecule has 0 spiro atoms. The van der Waals surface area contributed by atoms with Crippen LogP contribution in [0.1, 0.15) is 11.1 Å². The number of fused-ring (bicyclic) bond motifs is 1. The van der Waals surface area contributed by atoms with Crippen LogP contribution in [0.25, 0.3) is 0 Å². The lowest BCUT2D eigenvalue weighted by atomic mass is 10.1. The van der Waals surface area contributed by atoms with E-state index in [0.717, 1.165) is 18.7 Å². The molecule has 2 nitrogen and oxygen atoms in total. The Kier molecular flexibility index (Phi) is 3.64. The highest BCUT2D eigenvalue weighted by Crippen LogP contribution is 2.29. The molecule has 1 N–H and O–H groups in total. The molecule has 0 radical (unpaired) electrons. The summed E-state index contributed by atoms with van der Waals surface area (Å²) in [6, 6.07) is 14.7. The van der Waals surface area contributed by atoms with Crippen LogP contribution in [0.3, 0.4) is 0 Å². The van der Waals surface area contributed by atoms with E-state index in [4.69, 9.17) is 4.74 Å². The van der Waals surface area contributed by atoms with Crippen LogP contribution in [0.4, 0.5) is 5.69 Å². The van der Waals surface area contributed by atoms with Crippen molar-refractivity contribution in [3.63, 3.8) is 0 Å². The van der Waals surface area contributed by atoms with E-state index < -0.39 is 0 Å². The summed E-state index contributed by atoms with van der Waals surface area (Å²) in [6.45, 7) is 2.96. The third-order valence-electron chi connectivity index (χ3n) is 3.35. The van der Waals surface area contributed by atoms with Gasteiger partial charge < -0.3 is 10.1 Å². The van der Waals surface area contributed by atoms with Gasteiger partial charge in [-0.15, -0.1) is 0 Å². The third kappa shape index (κ3) is 2.86. The molecule has 0 fully saturated rings. The second-order valence-corrected chi connectivity index (χ2v) is 6.08. The predicted octanol–water partition coefficient (Wildman–Crippen LogP) is 4.02. The lowest BCUT2D eigenvalue weighted by Gasteiger charge is -2.13. The zero-order valence-corrected chi connectivity index (χ0v) is 13.0. The van der Waals surface area contributed by atoms with Crippen LogP contribution in [-0.4, -0.2) is 12.6 Å². The fourth-order valence-electron chi connectivity index (χ4n) is 2.39. The van der Waals surface area contributed by atoms with Crippen molar-refractivity contribution < 1.29 is 4.74 Å². The van der Waals surface area contributed by atoms with Crippen LogP contribution in [0.2, 0.25) is 0 Å². The summed E-state index contributed by atoms with van der Waals surface area (Å²) in [5.41, 5.74) is 3.81. The molecule has 1 aliphatic heterocycles. The zero-order chi connectivity index (χ0) is 13.2. The maximum atomic E-state index is 5.96. The maximum absolute atomic E-state index is 5.96. The molecule has 3 rings (SSSR count). The minimum atomic E-state index is 0.229. The van der Waals surface area contributed by atoms with Crippen LogP contribution >= 0.6 is 22.6 Å². The number of hydrogen-bond donors (Lipinski definition) is 1. The maximum Gasteiger partial charge on any atom is 0.123 e. The molecule has 3 heteroatoms. The van der Waals surface area contributed by atoms with Crippen LogP contribution in [0.5, 0.6) is 5.75 Å². The van der Waals surface area contributed by atoms with Crippen molar-refractivity contribution in [1.82, 2.24) is 0 Å². The number of anilines is 1. The van der Waals surface area contributed by atoms with Crippen molar-refractivity contribution in [2.24, 2.45) is 0 Å². The van der Waals surface area contributed by atoms with Gasteiger partial charge in [0, 0.05) is 15.7 Å². The molecule has 1 atom stereocenters. The summed E-state index contributed by atoms with van der Waals surface area (Å²) in [6.07, 6.45) is 1.22. The second kappa shape index (κ2) is 5.41. The van der Waals surface area contributed by atoms with Gasteiger partial charge in [0.05, 0.1) is 6.54 Å². The van der Waals surface area contributed by atoms with E-state index in [1.807, 2.05) is 0 Å². The Morgan fingerprint density at radius 1 is 1.26 bits per heavy atom. The fourth-order valence-corrected chi connectivity index (χ4v) is 2.97. The third-order valence-corrected chi connectivity index (χ3v) is 4.29. The largest absolute Gasteiger partial charge is 0.488 e. The summed E-state index contributed by atoms with van der Waals surface area (Å²) >= 11 is 2.35. The van der Waals surface area contributed by atoms with E-state index in [9.17, 15) is 0 Å². The SMILES string of the molecule is Cc1ccc2c(c1)CC(CNc1ccccc1I)O2. The lowest BCUT2D eigenvalue weighted by Crippen LogP contribution is -2.24. The minimum absolute atomic E-state index is 0.229. The standard InChI is InChI=1S/C16H16INO/c1-11-6-7-16-12(8-11)9-13(19-16)10-18-15-5-3-2-4-14(15)17/h2-8,13,18H,9-10H2,1H3. The van der Waals surface area contributed by atoms with Gasteiger partial charge in [-0.05, 0) is 53.3 Å². The number of aryl methyl sites for hydroxylation is 1. The zero-order valence-electron chi connectivity index (χ0n) is 10.8. The van der Waals surface area contributed by atoms with Crippen LogP contribution in [0, 0.1) is 10.5 Å². The van der Waals surface area contributed by atoms with Crippen LogP contribution in [-0.2, 0) is 6.42 Å². The van der Waals surface area contributed by atoms with Crippen molar-refractivity contribution >= 4 is 28.3 Å². The molecule has 0 saturated heterocycles. The van der Waals surface area contributed by atoms with Gasteiger partial charge in [0.15, 0.2) is 0 Å². The Hall–Kier alpha value is -1.23. The first kappa shape index (κ1) is 12.8. The number of nitrogens with one attached hydrogen (secondary N) is 1. The normalized spacial score (nSPS) is 16.8. The van der Waals surface area contributed by atoms with Crippen molar-refractivity contribution in [1.29, 1.82) is 0 Å². The number of para-hydroxylation sites is 1. The van der Waals surface area contributed by atoms with Crippen molar-refractivity contribution in [2.45, 2.75) is 19.4 Å². The van der Waals surface area contributed by atoms with Crippen LogP contribution in [0.15, 0.2) is 42.5 Å². The summed E-state index contributed by atoms with van der Waals surface area (Å²) in [7, 11) is 0. The Bertz CT molecular complexity index is 597. The van der Waals surface area contributed by atoms with E-state index in [-0.39, 0.29) is 6.10 Å². The Labute approximate surface area is 127 Å². The minimum Gasteiger partial charge on any atom is -0.488 e. The van der Waals surface area contributed by atoms with E-state index in [0.29, 0.717) is 0 Å². The van der Waals surface area contributed by atoms with Gasteiger partial charge in [0.2, 0.25) is 0 Å². The molecule has 1 heterocycles. The molecule has 0 amide bonds. The molecule has 2 aromatic carbocycles. The lowest BCUT2D eigenvalue weighted by molar-refractivity contribution is 0.246. The van der Waals surface area contributed by atoms with E-state index >= 15 is 0 Å². The first-order valence-corrected chi connectivity index (χ1v) is 7.55. The molecule has 0 bridgehead atoms. The van der Waals surface area contributed by atoms with Crippen molar-refractivity contribution in [3.8, 4) is 5.75 Å². The van der Waals surface area contributed by atoms with Gasteiger partial charge in [-0.3, -0.25) is 0 Å². The molecular weight excluding hydrogens is 349 g/mol. The molecule has 0 aromatic heterocycles. The number of ether oxygens (including phenoxy) is 1. The number of halogens is 1. The topological polar surface area (TPSA) is 21.3 Å². The van der Waals surface area contributed by atoms with Gasteiger partial charge in [-0.25, -0.2) is 0 Å². The smallest absolute Gasteiger partial charge is 0.123 e. The first-order chi connectivity index (χ1) is 9.22. The summed E-state index contributed by atoms with van der Waals surface area (Å²) in [5, 5.41) is 3.47. The highest BCUT2D eigenvalue weighted by atomic mass is 127. The molecule has 98 valence electrons. The first-order valence-electron chi connectivity index (χ1n) is 6.47. The monoisotopic (exact) mass is 365 g/mol. The van der Waals surface area contributed by atoms with Gasteiger partial charge in [0.25, 0.3) is 0 Å². The summed E-state index contributed by atoms with van der Waals surface area (Å²) < 4.78 is 7.20. The van der Waals surface area contributed by atoms with Gasteiger partial charge >= 0.3 is 0 Å². The highest BCUT2D eigenvalue weighted by molar-refractivity contribution is 14.1. The van der Waals surface area contributed by atoms with E-state index in [1.54, 1.807) is 0 Å². The fraction of sp³-hybridized carbons (Fsp3) is 0.250. The van der Waals surface area contributed by atoms with Crippen molar-refractivity contribution in [2.75, 3.05) is 11.9 Å². The van der Waals surface area contributed by atoms with Gasteiger partial charge in [0.1, 0.15) is 11.9 Å². The summed E-state index contributed by atoms with van der Waals surface area (Å²) in [5.74, 6) is 1.04. The average molecular weight is 365 g/mol. The van der Waals surface area contributed by atoms with E-state index in [2.05, 4.69) is 77.3 Å². The number of hydrogen-bond acceptors (Lipinski definition) is 2. The molecule has 0 aliphatic carbocycles. The summed E-state index contributed by atoms with van der Waals surface area (Å²) in [4.78, 5) is 0. The van der Waals surface area contributed by atoms with E-state index in [1.165, 1.54) is 20.4 Å². The number of benzene rings is 2. The molecule has 19 heavy (non-hydrogen) atoms. The molecular formula is C16H16INO. The second-order valence-electron chi connectivity index (χ2n) is 4.92. The molecule has 1 aliphatic rings. The number of rotatable bonds is 3. The quantitative estimate of drug-likeness (QED) is 0.830. The Morgan fingerprint density at radius 3 is 2.95 bits per heavy atom. The predicted molar refractivity (Wildman–Crippen MR) is 86.9 cm³/mol. The Balaban J connectivity index is 1.63. The molecule has 0 saturated carbocycles. The van der Waals surface area contributed by atoms with Crippen molar-refractivity contribution in [3.05, 3.63) is 57.2 Å². The molecule has 2 aromatic rings. The Morgan fingerprint density at radius 2 is 2.11 bits per heavy atom. The highest BCUT2D eigenvalue weighted by Gasteiger charge is 2.22. The van der Waals surface area contributed by atoms with Gasteiger partial charge in [-0.2, -0.15) is 0 Å². The average Bonchev–Trinajstić information content (AvgIpc) is 2.79.